The molecular weight excluding hydrogens is 212 g/mol. The molecule has 1 N–H and O–H groups in total. The van der Waals surface area contributed by atoms with Crippen LogP contribution in [0.3, 0.4) is 0 Å². The highest BCUT2D eigenvalue weighted by atomic mass is 16.5. The van der Waals surface area contributed by atoms with Gasteiger partial charge in [-0.3, -0.25) is 4.98 Å². The molecule has 1 heterocycles. The van der Waals surface area contributed by atoms with Crippen molar-refractivity contribution in [2.24, 2.45) is 0 Å². The number of hydrogen-bond donors (Lipinski definition) is 1. The number of aromatic nitrogens is 1. The number of rotatable bonds is 5. The molecule has 3 heteroatoms. The second kappa shape index (κ2) is 5.89. The molecule has 17 heavy (non-hydrogen) atoms. The molecule has 3 nitrogen and oxygen atoms in total. The Hall–Kier alpha value is -2.03. The molecule has 0 atom stereocenters. The van der Waals surface area contributed by atoms with Gasteiger partial charge >= 0.3 is 0 Å². The maximum absolute atomic E-state index is 5.63. The van der Waals surface area contributed by atoms with Gasteiger partial charge in [0.05, 0.1) is 5.69 Å². The van der Waals surface area contributed by atoms with Gasteiger partial charge in [-0.05, 0) is 31.2 Å². The van der Waals surface area contributed by atoms with Gasteiger partial charge in [-0.15, -0.1) is 0 Å². The van der Waals surface area contributed by atoms with Crippen LogP contribution in [0, 0.1) is 0 Å². The van der Waals surface area contributed by atoms with Crippen molar-refractivity contribution in [3.63, 3.8) is 0 Å². The summed E-state index contributed by atoms with van der Waals surface area (Å²) in [7, 11) is 0. The van der Waals surface area contributed by atoms with Gasteiger partial charge in [0.2, 0.25) is 0 Å². The number of benzene rings is 1. The first-order valence-corrected chi connectivity index (χ1v) is 5.75. The molecule has 0 aliphatic carbocycles. The van der Waals surface area contributed by atoms with E-state index in [1.807, 2.05) is 42.5 Å². The standard InChI is InChI=1S/C14H16N2O/c1-2-15-12-8-9-16-13(10-12)11-17-14-6-4-3-5-7-14/h3-10H,2,11H2,1H3,(H,15,16). The van der Waals surface area contributed by atoms with Crippen LogP contribution in [0.5, 0.6) is 5.75 Å². The molecule has 88 valence electrons. The third kappa shape index (κ3) is 3.48. The molecular formula is C14H16N2O. The smallest absolute Gasteiger partial charge is 0.130 e. The van der Waals surface area contributed by atoms with E-state index in [4.69, 9.17) is 4.74 Å². The number of anilines is 1. The summed E-state index contributed by atoms with van der Waals surface area (Å²) in [5.74, 6) is 0.864. The molecule has 0 aliphatic heterocycles. The van der Waals surface area contributed by atoms with Crippen molar-refractivity contribution in [2.45, 2.75) is 13.5 Å². The number of nitrogens with one attached hydrogen (secondary N) is 1. The fraction of sp³-hybridized carbons (Fsp3) is 0.214. The van der Waals surface area contributed by atoms with E-state index in [1.165, 1.54) is 0 Å². The number of ether oxygens (including phenoxy) is 1. The minimum absolute atomic E-state index is 0.489. The molecule has 1 aromatic carbocycles. The van der Waals surface area contributed by atoms with Gasteiger partial charge in [0.25, 0.3) is 0 Å². The van der Waals surface area contributed by atoms with Crippen molar-refractivity contribution in [1.29, 1.82) is 0 Å². The van der Waals surface area contributed by atoms with Gasteiger partial charge < -0.3 is 10.1 Å². The lowest BCUT2D eigenvalue weighted by Gasteiger charge is -2.07. The first-order chi connectivity index (χ1) is 8.38. The van der Waals surface area contributed by atoms with Gasteiger partial charge in [0.1, 0.15) is 12.4 Å². The van der Waals surface area contributed by atoms with Crippen LogP contribution < -0.4 is 10.1 Å². The maximum Gasteiger partial charge on any atom is 0.130 e. The predicted molar refractivity (Wildman–Crippen MR) is 69.2 cm³/mol. The monoisotopic (exact) mass is 228 g/mol. The zero-order valence-corrected chi connectivity index (χ0v) is 9.89. The van der Waals surface area contributed by atoms with Crippen molar-refractivity contribution in [1.82, 2.24) is 4.98 Å². The maximum atomic E-state index is 5.63. The Morgan fingerprint density at radius 2 is 2.00 bits per heavy atom. The van der Waals surface area contributed by atoms with Gasteiger partial charge in [0.15, 0.2) is 0 Å². The van der Waals surface area contributed by atoms with E-state index in [9.17, 15) is 0 Å². The number of hydrogen-bond acceptors (Lipinski definition) is 3. The minimum atomic E-state index is 0.489. The van der Waals surface area contributed by atoms with E-state index >= 15 is 0 Å². The largest absolute Gasteiger partial charge is 0.487 e. The molecule has 0 saturated carbocycles. The van der Waals surface area contributed by atoms with Crippen molar-refractivity contribution in [3.05, 3.63) is 54.4 Å². The molecule has 0 fully saturated rings. The highest BCUT2D eigenvalue weighted by Gasteiger charge is 1.98. The second-order valence-corrected chi connectivity index (χ2v) is 3.67. The number of nitrogens with zero attached hydrogens (tertiary/aromatic N) is 1. The summed E-state index contributed by atoms with van der Waals surface area (Å²) in [5, 5.41) is 3.25. The van der Waals surface area contributed by atoms with Crippen LogP contribution in [0.1, 0.15) is 12.6 Å². The van der Waals surface area contributed by atoms with E-state index in [1.54, 1.807) is 6.20 Å². The van der Waals surface area contributed by atoms with E-state index in [-0.39, 0.29) is 0 Å². The fourth-order valence-corrected chi connectivity index (χ4v) is 1.55. The van der Waals surface area contributed by atoms with Crippen molar-refractivity contribution in [3.8, 4) is 5.75 Å². The zero-order chi connectivity index (χ0) is 11.9. The molecule has 2 rings (SSSR count). The quantitative estimate of drug-likeness (QED) is 0.853. The fourth-order valence-electron chi connectivity index (χ4n) is 1.55. The van der Waals surface area contributed by atoms with Gasteiger partial charge in [-0.2, -0.15) is 0 Å². The number of para-hydroxylation sites is 1. The predicted octanol–water partition coefficient (Wildman–Crippen LogP) is 3.09. The average Bonchev–Trinajstić information content (AvgIpc) is 2.39. The lowest BCUT2D eigenvalue weighted by Crippen LogP contribution is -2.01. The molecule has 0 amide bonds. The summed E-state index contributed by atoms with van der Waals surface area (Å²) < 4.78 is 5.63. The molecule has 0 spiro atoms. The molecule has 1 aromatic heterocycles. The van der Waals surface area contributed by atoms with Gasteiger partial charge in [-0.25, -0.2) is 0 Å². The molecule has 0 unspecified atom stereocenters. The summed E-state index contributed by atoms with van der Waals surface area (Å²) in [6.07, 6.45) is 1.79. The van der Waals surface area contributed by atoms with Crippen molar-refractivity contribution in [2.75, 3.05) is 11.9 Å². The van der Waals surface area contributed by atoms with Crippen LogP contribution in [-0.2, 0) is 6.61 Å². The third-order valence-electron chi connectivity index (χ3n) is 2.33. The third-order valence-corrected chi connectivity index (χ3v) is 2.33. The Morgan fingerprint density at radius 3 is 2.76 bits per heavy atom. The summed E-state index contributed by atoms with van der Waals surface area (Å²) in [6, 6.07) is 13.7. The Labute approximate surface area is 101 Å². The highest BCUT2D eigenvalue weighted by molar-refractivity contribution is 5.42. The van der Waals surface area contributed by atoms with E-state index in [0.717, 1.165) is 23.7 Å². The van der Waals surface area contributed by atoms with E-state index in [0.29, 0.717) is 6.61 Å². The van der Waals surface area contributed by atoms with Gasteiger partial charge in [0, 0.05) is 18.4 Å². The van der Waals surface area contributed by atoms with Crippen LogP contribution >= 0.6 is 0 Å². The lowest BCUT2D eigenvalue weighted by molar-refractivity contribution is 0.301. The van der Waals surface area contributed by atoms with Crippen molar-refractivity contribution >= 4 is 5.69 Å². The average molecular weight is 228 g/mol. The van der Waals surface area contributed by atoms with Gasteiger partial charge in [-0.1, -0.05) is 18.2 Å². The van der Waals surface area contributed by atoms with E-state index in [2.05, 4.69) is 17.2 Å². The van der Waals surface area contributed by atoms with Crippen LogP contribution in [0.2, 0.25) is 0 Å². The topological polar surface area (TPSA) is 34.2 Å². The highest BCUT2D eigenvalue weighted by Crippen LogP contribution is 2.12. The lowest BCUT2D eigenvalue weighted by atomic mass is 10.3. The summed E-state index contributed by atoms with van der Waals surface area (Å²) in [5.41, 5.74) is 2.00. The second-order valence-electron chi connectivity index (χ2n) is 3.67. The molecule has 0 bridgehead atoms. The van der Waals surface area contributed by atoms with Crippen LogP contribution in [-0.4, -0.2) is 11.5 Å². The Balaban J connectivity index is 1.97. The SMILES string of the molecule is CCNc1ccnc(COc2ccccc2)c1. The Morgan fingerprint density at radius 1 is 1.18 bits per heavy atom. The molecule has 0 aliphatic rings. The van der Waals surface area contributed by atoms with Crippen LogP contribution in [0.4, 0.5) is 5.69 Å². The Bertz CT molecular complexity index is 457. The normalized spacial score (nSPS) is 9.94. The first-order valence-electron chi connectivity index (χ1n) is 5.75. The Kier molecular flexibility index (Phi) is 3.97. The molecule has 2 aromatic rings. The van der Waals surface area contributed by atoms with Crippen molar-refractivity contribution < 1.29 is 4.74 Å². The van der Waals surface area contributed by atoms with Crippen LogP contribution in [0.25, 0.3) is 0 Å². The summed E-state index contributed by atoms with van der Waals surface area (Å²) in [6.45, 7) is 3.47. The van der Waals surface area contributed by atoms with E-state index < -0.39 is 0 Å². The van der Waals surface area contributed by atoms with Crippen LogP contribution in [0.15, 0.2) is 48.7 Å². The summed E-state index contributed by atoms with van der Waals surface area (Å²) in [4.78, 5) is 4.27. The first kappa shape index (κ1) is 11.5. The molecule has 0 saturated heterocycles. The minimum Gasteiger partial charge on any atom is -0.487 e. The molecule has 0 radical (unpaired) electrons. The number of pyridine rings is 1. The summed E-state index contributed by atoms with van der Waals surface area (Å²) >= 11 is 0. The zero-order valence-electron chi connectivity index (χ0n) is 9.89.